The third-order valence-electron chi connectivity index (χ3n) is 3.73. The number of benzene rings is 1. The molecule has 1 aromatic carbocycles. The molecule has 2 nitrogen and oxygen atoms in total. The first-order valence-electron chi connectivity index (χ1n) is 6.91. The Labute approximate surface area is 115 Å². The highest BCUT2D eigenvalue weighted by atomic mass is 19.1. The van der Waals surface area contributed by atoms with Crippen LogP contribution in [0.15, 0.2) is 18.2 Å². The summed E-state index contributed by atoms with van der Waals surface area (Å²) in [6, 6.07) is 4.56. The molecule has 0 bridgehead atoms. The van der Waals surface area contributed by atoms with Gasteiger partial charge in [0.1, 0.15) is 11.4 Å². The van der Waals surface area contributed by atoms with E-state index in [-0.39, 0.29) is 18.0 Å². The predicted molar refractivity (Wildman–Crippen MR) is 74.8 cm³/mol. The standard InChI is InChI=1S/C16H23FO2/c1-5-16(6-2,19-7-3)15(18)11-13-10-14(17)9-8-12(13)4/h8-10H,5-7,11H2,1-4H3. The first-order valence-corrected chi connectivity index (χ1v) is 6.91. The minimum atomic E-state index is -0.729. The summed E-state index contributed by atoms with van der Waals surface area (Å²) in [4.78, 5) is 12.5. The molecule has 0 aliphatic rings. The van der Waals surface area contributed by atoms with Crippen molar-refractivity contribution in [3.8, 4) is 0 Å². The highest BCUT2D eigenvalue weighted by Crippen LogP contribution is 2.24. The van der Waals surface area contributed by atoms with Crippen LogP contribution in [0, 0.1) is 12.7 Å². The third-order valence-corrected chi connectivity index (χ3v) is 3.73. The second-order valence-corrected chi connectivity index (χ2v) is 4.81. The van der Waals surface area contributed by atoms with Crippen molar-refractivity contribution in [1.29, 1.82) is 0 Å². The zero-order chi connectivity index (χ0) is 14.5. The number of Topliss-reactive ketones (excluding diaryl/α,β-unsaturated/α-hetero) is 1. The van der Waals surface area contributed by atoms with Crippen LogP contribution in [0.25, 0.3) is 0 Å². The fourth-order valence-corrected chi connectivity index (χ4v) is 2.37. The maximum atomic E-state index is 13.3. The van der Waals surface area contributed by atoms with Crippen LogP contribution in [0.3, 0.4) is 0 Å². The van der Waals surface area contributed by atoms with Crippen molar-refractivity contribution in [3.63, 3.8) is 0 Å². The molecule has 0 radical (unpaired) electrons. The Kier molecular flexibility index (Phi) is 5.67. The van der Waals surface area contributed by atoms with Crippen LogP contribution < -0.4 is 0 Å². The molecule has 3 heteroatoms. The summed E-state index contributed by atoms with van der Waals surface area (Å²) in [6.07, 6.45) is 1.51. The normalized spacial score (nSPS) is 11.6. The Morgan fingerprint density at radius 1 is 1.26 bits per heavy atom. The Balaban J connectivity index is 2.96. The minimum absolute atomic E-state index is 0.0352. The highest BCUT2D eigenvalue weighted by molar-refractivity contribution is 5.89. The number of aryl methyl sites for hydroxylation is 1. The summed E-state index contributed by atoms with van der Waals surface area (Å²) in [6.45, 7) is 8.20. The summed E-state index contributed by atoms with van der Waals surface area (Å²) < 4.78 is 19.0. The van der Waals surface area contributed by atoms with Gasteiger partial charge in [-0.3, -0.25) is 4.79 Å². The largest absolute Gasteiger partial charge is 0.368 e. The monoisotopic (exact) mass is 266 g/mol. The first kappa shape index (κ1) is 15.8. The molecule has 0 N–H and O–H groups in total. The van der Waals surface area contributed by atoms with Gasteiger partial charge in [-0.15, -0.1) is 0 Å². The fraction of sp³-hybridized carbons (Fsp3) is 0.562. The topological polar surface area (TPSA) is 26.3 Å². The van der Waals surface area contributed by atoms with Gasteiger partial charge in [0, 0.05) is 13.0 Å². The number of ketones is 1. The molecule has 0 aliphatic heterocycles. The van der Waals surface area contributed by atoms with Crippen molar-refractivity contribution < 1.29 is 13.9 Å². The van der Waals surface area contributed by atoms with E-state index in [9.17, 15) is 9.18 Å². The summed E-state index contributed by atoms with van der Waals surface area (Å²) in [7, 11) is 0. The van der Waals surface area contributed by atoms with Gasteiger partial charge in [0.05, 0.1) is 0 Å². The Hall–Kier alpha value is -1.22. The summed E-state index contributed by atoms with van der Waals surface area (Å²) >= 11 is 0. The van der Waals surface area contributed by atoms with Crippen LogP contribution in [0.2, 0.25) is 0 Å². The average molecular weight is 266 g/mol. The number of hydrogen-bond acceptors (Lipinski definition) is 2. The molecule has 106 valence electrons. The number of carbonyl (C=O) groups is 1. The lowest BCUT2D eigenvalue weighted by molar-refractivity contribution is -0.144. The van der Waals surface area contributed by atoms with Gasteiger partial charge in [0.15, 0.2) is 5.78 Å². The van der Waals surface area contributed by atoms with E-state index in [1.54, 1.807) is 6.07 Å². The molecule has 0 amide bonds. The third kappa shape index (κ3) is 3.63. The van der Waals surface area contributed by atoms with E-state index in [1.807, 2.05) is 27.7 Å². The van der Waals surface area contributed by atoms with Crippen molar-refractivity contribution in [2.45, 2.75) is 52.6 Å². The quantitative estimate of drug-likeness (QED) is 0.749. The summed E-state index contributed by atoms with van der Waals surface area (Å²) in [5.41, 5.74) is 0.955. The second-order valence-electron chi connectivity index (χ2n) is 4.81. The van der Waals surface area contributed by atoms with Gasteiger partial charge in [-0.2, -0.15) is 0 Å². The number of hydrogen-bond donors (Lipinski definition) is 0. The predicted octanol–water partition coefficient (Wildman–Crippen LogP) is 3.84. The summed E-state index contributed by atoms with van der Waals surface area (Å²) in [5, 5.41) is 0. The van der Waals surface area contributed by atoms with Crippen molar-refractivity contribution >= 4 is 5.78 Å². The van der Waals surface area contributed by atoms with Gasteiger partial charge in [0.2, 0.25) is 0 Å². The first-order chi connectivity index (χ1) is 8.99. The van der Waals surface area contributed by atoms with Crippen LogP contribution in [-0.4, -0.2) is 18.0 Å². The van der Waals surface area contributed by atoms with Crippen LogP contribution in [0.1, 0.15) is 44.7 Å². The molecule has 0 atom stereocenters. The van der Waals surface area contributed by atoms with E-state index < -0.39 is 5.60 Å². The van der Waals surface area contributed by atoms with Crippen LogP contribution in [0.5, 0.6) is 0 Å². The highest BCUT2D eigenvalue weighted by Gasteiger charge is 2.35. The smallest absolute Gasteiger partial charge is 0.168 e. The molecule has 0 aromatic heterocycles. The van der Waals surface area contributed by atoms with E-state index in [4.69, 9.17) is 4.74 Å². The summed E-state index contributed by atoms with van der Waals surface area (Å²) in [5.74, 6) is -0.267. The molecular formula is C16H23FO2. The molecule has 0 fully saturated rings. The molecular weight excluding hydrogens is 243 g/mol. The number of ether oxygens (including phenoxy) is 1. The van der Waals surface area contributed by atoms with E-state index in [1.165, 1.54) is 12.1 Å². The van der Waals surface area contributed by atoms with Gasteiger partial charge in [-0.1, -0.05) is 19.9 Å². The van der Waals surface area contributed by atoms with Gasteiger partial charge in [-0.25, -0.2) is 4.39 Å². The van der Waals surface area contributed by atoms with Gasteiger partial charge in [-0.05, 0) is 49.9 Å². The number of halogens is 1. The van der Waals surface area contributed by atoms with E-state index in [0.29, 0.717) is 19.4 Å². The van der Waals surface area contributed by atoms with Gasteiger partial charge < -0.3 is 4.74 Å². The average Bonchev–Trinajstić information content (AvgIpc) is 2.40. The van der Waals surface area contributed by atoms with E-state index in [0.717, 1.165) is 11.1 Å². The molecule has 0 saturated heterocycles. The second kappa shape index (κ2) is 6.80. The van der Waals surface area contributed by atoms with Gasteiger partial charge in [0.25, 0.3) is 0 Å². The Morgan fingerprint density at radius 3 is 2.42 bits per heavy atom. The maximum Gasteiger partial charge on any atom is 0.168 e. The molecule has 0 saturated carbocycles. The molecule has 1 rings (SSSR count). The zero-order valence-electron chi connectivity index (χ0n) is 12.3. The fourth-order valence-electron chi connectivity index (χ4n) is 2.37. The lowest BCUT2D eigenvalue weighted by atomic mass is 9.87. The molecule has 0 aliphatic carbocycles. The van der Waals surface area contributed by atoms with E-state index in [2.05, 4.69) is 0 Å². The maximum absolute atomic E-state index is 13.3. The number of rotatable bonds is 7. The van der Waals surface area contributed by atoms with Crippen molar-refractivity contribution in [2.75, 3.05) is 6.61 Å². The number of carbonyl (C=O) groups excluding carboxylic acids is 1. The van der Waals surface area contributed by atoms with Crippen molar-refractivity contribution in [2.24, 2.45) is 0 Å². The lowest BCUT2D eigenvalue weighted by Gasteiger charge is -2.30. The molecule has 1 aromatic rings. The van der Waals surface area contributed by atoms with E-state index >= 15 is 0 Å². The molecule has 0 spiro atoms. The Morgan fingerprint density at radius 2 is 1.89 bits per heavy atom. The molecule has 0 heterocycles. The Bertz CT molecular complexity index is 436. The van der Waals surface area contributed by atoms with Crippen molar-refractivity contribution in [1.82, 2.24) is 0 Å². The SMILES string of the molecule is CCOC(CC)(CC)C(=O)Cc1cc(F)ccc1C. The minimum Gasteiger partial charge on any atom is -0.368 e. The molecule has 0 unspecified atom stereocenters. The zero-order valence-corrected chi connectivity index (χ0v) is 12.3. The van der Waals surface area contributed by atoms with Gasteiger partial charge >= 0.3 is 0 Å². The van der Waals surface area contributed by atoms with Crippen LogP contribution >= 0.6 is 0 Å². The van der Waals surface area contributed by atoms with Crippen LogP contribution in [0.4, 0.5) is 4.39 Å². The molecule has 19 heavy (non-hydrogen) atoms. The lowest BCUT2D eigenvalue weighted by Crippen LogP contribution is -2.41. The van der Waals surface area contributed by atoms with Crippen LogP contribution in [-0.2, 0) is 16.0 Å². The van der Waals surface area contributed by atoms with Crippen molar-refractivity contribution in [3.05, 3.63) is 35.1 Å².